The van der Waals surface area contributed by atoms with E-state index in [-0.39, 0.29) is 5.91 Å². The monoisotopic (exact) mass is 404 g/mol. The molecule has 1 saturated heterocycles. The van der Waals surface area contributed by atoms with E-state index in [0.717, 1.165) is 48.4 Å². The average molecular weight is 405 g/mol. The molecular weight excluding hydrogens is 380 g/mol. The van der Waals surface area contributed by atoms with Gasteiger partial charge in [-0.15, -0.1) is 11.8 Å². The molecule has 0 bridgehead atoms. The van der Waals surface area contributed by atoms with E-state index in [1.807, 2.05) is 42.2 Å². The van der Waals surface area contributed by atoms with Gasteiger partial charge in [-0.25, -0.2) is 9.97 Å². The standard InChI is InChI=1S/C20H25ClN4OS/c1-14(2)20-22-15(3)12-18(23-20)24-8-10-25(11-9-24)19(26)13-27-17-6-4-16(21)5-7-17/h4-7,12,14H,8-11,13H2,1-3H3. The Bertz CT molecular complexity index is 789. The molecule has 1 aliphatic heterocycles. The van der Waals surface area contributed by atoms with Crippen LogP contribution in [0.4, 0.5) is 5.82 Å². The van der Waals surface area contributed by atoms with E-state index in [1.54, 1.807) is 11.8 Å². The lowest BCUT2D eigenvalue weighted by atomic mass is 10.2. The van der Waals surface area contributed by atoms with Gasteiger partial charge in [0.2, 0.25) is 5.91 Å². The number of anilines is 1. The Kier molecular flexibility index (Phi) is 6.60. The summed E-state index contributed by atoms with van der Waals surface area (Å²) in [5.74, 6) is 2.77. The van der Waals surface area contributed by atoms with Crippen LogP contribution in [0.2, 0.25) is 5.02 Å². The van der Waals surface area contributed by atoms with Crippen molar-refractivity contribution in [2.24, 2.45) is 0 Å². The molecule has 7 heteroatoms. The lowest BCUT2D eigenvalue weighted by Crippen LogP contribution is -2.49. The van der Waals surface area contributed by atoms with Crippen LogP contribution in [0.25, 0.3) is 0 Å². The van der Waals surface area contributed by atoms with Crippen molar-refractivity contribution >= 4 is 35.1 Å². The highest BCUT2D eigenvalue weighted by Gasteiger charge is 2.22. The van der Waals surface area contributed by atoms with Crippen LogP contribution in [0.15, 0.2) is 35.2 Å². The number of thioether (sulfide) groups is 1. The van der Waals surface area contributed by atoms with Gasteiger partial charge in [0, 0.05) is 53.8 Å². The minimum absolute atomic E-state index is 0.177. The van der Waals surface area contributed by atoms with Crippen LogP contribution in [0.5, 0.6) is 0 Å². The Balaban J connectivity index is 1.54. The Morgan fingerprint density at radius 3 is 2.44 bits per heavy atom. The number of aromatic nitrogens is 2. The molecule has 1 fully saturated rings. The zero-order valence-electron chi connectivity index (χ0n) is 16.0. The van der Waals surface area contributed by atoms with Crippen LogP contribution < -0.4 is 4.90 Å². The number of rotatable bonds is 5. The van der Waals surface area contributed by atoms with Crippen molar-refractivity contribution in [1.82, 2.24) is 14.9 Å². The number of piperazine rings is 1. The summed E-state index contributed by atoms with van der Waals surface area (Å²) in [5.41, 5.74) is 0.988. The highest BCUT2D eigenvalue weighted by molar-refractivity contribution is 8.00. The maximum atomic E-state index is 12.5. The first-order valence-electron chi connectivity index (χ1n) is 9.19. The van der Waals surface area contributed by atoms with Crippen LogP contribution in [-0.2, 0) is 4.79 Å². The quantitative estimate of drug-likeness (QED) is 0.705. The highest BCUT2D eigenvalue weighted by atomic mass is 35.5. The van der Waals surface area contributed by atoms with Gasteiger partial charge in [-0.05, 0) is 31.2 Å². The zero-order valence-corrected chi connectivity index (χ0v) is 17.6. The zero-order chi connectivity index (χ0) is 19.4. The molecule has 3 rings (SSSR count). The smallest absolute Gasteiger partial charge is 0.233 e. The lowest BCUT2D eigenvalue weighted by Gasteiger charge is -2.35. The molecule has 0 spiro atoms. The molecule has 1 aromatic heterocycles. The largest absolute Gasteiger partial charge is 0.353 e. The molecule has 0 atom stereocenters. The van der Waals surface area contributed by atoms with E-state index in [0.29, 0.717) is 16.7 Å². The maximum absolute atomic E-state index is 12.5. The fourth-order valence-electron chi connectivity index (χ4n) is 2.95. The number of carbonyl (C=O) groups is 1. The van der Waals surface area contributed by atoms with Crippen LogP contribution in [0.3, 0.4) is 0 Å². The number of amides is 1. The summed E-state index contributed by atoms with van der Waals surface area (Å²) >= 11 is 7.45. The second-order valence-corrected chi connectivity index (χ2v) is 8.48. The van der Waals surface area contributed by atoms with Crippen LogP contribution in [0, 0.1) is 6.92 Å². The van der Waals surface area contributed by atoms with Crippen molar-refractivity contribution in [3.63, 3.8) is 0 Å². The molecule has 0 saturated carbocycles. The van der Waals surface area contributed by atoms with Crippen molar-refractivity contribution in [2.75, 3.05) is 36.8 Å². The minimum atomic E-state index is 0.177. The van der Waals surface area contributed by atoms with Gasteiger partial charge in [0.15, 0.2) is 0 Å². The fraction of sp³-hybridized carbons (Fsp3) is 0.450. The van der Waals surface area contributed by atoms with E-state index in [1.165, 1.54) is 0 Å². The second-order valence-electron chi connectivity index (χ2n) is 6.99. The number of hydrogen-bond donors (Lipinski definition) is 0. The Morgan fingerprint density at radius 1 is 1.15 bits per heavy atom. The molecule has 1 aromatic carbocycles. The SMILES string of the molecule is Cc1cc(N2CCN(C(=O)CSc3ccc(Cl)cc3)CC2)nc(C(C)C)n1. The van der Waals surface area contributed by atoms with Crippen LogP contribution in [0.1, 0.15) is 31.3 Å². The summed E-state index contributed by atoms with van der Waals surface area (Å²) in [6, 6.07) is 9.62. The molecule has 1 aliphatic rings. The molecule has 1 amide bonds. The average Bonchev–Trinajstić information content (AvgIpc) is 2.67. The molecule has 0 aliphatic carbocycles. The predicted molar refractivity (Wildman–Crippen MR) is 112 cm³/mol. The molecule has 144 valence electrons. The van der Waals surface area contributed by atoms with Gasteiger partial charge >= 0.3 is 0 Å². The Labute approximate surface area is 170 Å². The minimum Gasteiger partial charge on any atom is -0.353 e. The van der Waals surface area contributed by atoms with E-state index in [2.05, 4.69) is 23.7 Å². The summed E-state index contributed by atoms with van der Waals surface area (Å²) in [7, 11) is 0. The van der Waals surface area contributed by atoms with Gasteiger partial charge in [-0.1, -0.05) is 25.4 Å². The van der Waals surface area contributed by atoms with Crippen molar-refractivity contribution in [1.29, 1.82) is 0 Å². The molecule has 0 unspecified atom stereocenters. The molecule has 2 heterocycles. The maximum Gasteiger partial charge on any atom is 0.233 e. The highest BCUT2D eigenvalue weighted by Crippen LogP contribution is 2.22. The molecular formula is C20H25ClN4OS. The van der Waals surface area contributed by atoms with Gasteiger partial charge in [-0.3, -0.25) is 4.79 Å². The normalized spacial score (nSPS) is 14.7. The van der Waals surface area contributed by atoms with Crippen molar-refractivity contribution in [2.45, 2.75) is 31.6 Å². The van der Waals surface area contributed by atoms with Crippen molar-refractivity contribution < 1.29 is 4.79 Å². The first kappa shape index (κ1) is 20.0. The summed E-state index contributed by atoms with van der Waals surface area (Å²) < 4.78 is 0. The van der Waals surface area contributed by atoms with E-state index in [4.69, 9.17) is 16.6 Å². The predicted octanol–water partition coefficient (Wildman–Crippen LogP) is 4.00. The third-order valence-electron chi connectivity index (χ3n) is 4.51. The first-order valence-corrected chi connectivity index (χ1v) is 10.6. The number of halogens is 1. The van der Waals surface area contributed by atoms with Gasteiger partial charge in [0.05, 0.1) is 5.75 Å². The van der Waals surface area contributed by atoms with Crippen molar-refractivity contribution in [3.05, 3.63) is 46.9 Å². The van der Waals surface area contributed by atoms with Crippen LogP contribution >= 0.6 is 23.4 Å². The van der Waals surface area contributed by atoms with E-state index >= 15 is 0 Å². The van der Waals surface area contributed by atoms with Gasteiger partial charge in [0.1, 0.15) is 11.6 Å². The summed E-state index contributed by atoms with van der Waals surface area (Å²) in [6.45, 7) is 9.25. The lowest BCUT2D eigenvalue weighted by molar-refractivity contribution is -0.128. The molecule has 5 nitrogen and oxygen atoms in total. The number of hydrogen-bond acceptors (Lipinski definition) is 5. The number of carbonyl (C=O) groups excluding carboxylic acids is 1. The second kappa shape index (κ2) is 8.93. The topological polar surface area (TPSA) is 49.3 Å². The molecule has 27 heavy (non-hydrogen) atoms. The summed E-state index contributed by atoms with van der Waals surface area (Å²) in [5, 5.41) is 0.711. The third kappa shape index (κ3) is 5.36. The summed E-state index contributed by atoms with van der Waals surface area (Å²) in [4.78, 5) is 27.0. The first-order chi connectivity index (χ1) is 12.9. The van der Waals surface area contributed by atoms with E-state index in [9.17, 15) is 4.79 Å². The van der Waals surface area contributed by atoms with Crippen molar-refractivity contribution in [3.8, 4) is 0 Å². The van der Waals surface area contributed by atoms with Gasteiger partial charge < -0.3 is 9.80 Å². The number of aryl methyl sites for hydroxylation is 1. The molecule has 2 aromatic rings. The van der Waals surface area contributed by atoms with Gasteiger partial charge in [0.25, 0.3) is 0 Å². The van der Waals surface area contributed by atoms with E-state index < -0.39 is 0 Å². The Hall–Kier alpha value is -1.79. The fourth-order valence-corrected chi connectivity index (χ4v) is 3.87. The Morgan fingerprint density at radius 2 is 1.81 bits per heavy atom. The number of nitrogens with zero attached hydrogens (tertiary/aromatic N) is 4. The third-order valence-corrected chi connectivity index (χ3v) is 5.76. The van der Waals surface area contributed by atoms with Gasteiger partial charge in [-0.2, -0.15) is 0 Å². The molecule has 0 N–H and O–H groups in total. The van der Waals surface area contributed by atoms with Crippen LogP contribution in [-0.4, -0.2) is 52.7 Å². The summed E-state index contributed by atoms with van der Waals surface area (Å²) in [6.07, 6.45) is 0. The number of benzene rings is 1. The molecule has 0 radical (unpaired) electrons.